The average Bonchev–Trinajstić information content (AvgIpc) is 2.62. The first-order valence-corrected chi connectivity index (χ1v) is 9.32. The number of morpholine rings is 1. The molecular formula is C18H21NO3S. The van der Waals surface area contributed by atoms with Gasteiger partial charge in [-0.15, -0.1) is 0 Å². The van der Waals surface area contributed by atoms with Crippen LogP contribution in [0.3, 0.4) is 0 Å². The minimum Gasteiger partial charge on any atom is -0.379 e. The van der Waals surface area contributed by atoms with Crippen molar-refractivity contribution in [3.05, 3.63) is 54.1 Å². The third-order valence-corrected chi connectivity index (χ3v) is 6.04. The number of hydrogen-bond donors (Lipinski definition) is 0. The van der Waals surface area contributed by atoms with Crippen LogP contribution < -0.4 is 0 Å². The lowest BCUT2D eigenvalue weighted by Crippen LogP contribution is -2.40. The quantitative estimate of drug-likeness (QED) is 0.865. The highest BCUT2D eigenvalue weighted by molar-refractivity contribution is 7.89. The Morgan fingerprint density at radius 3 is 2.35 bits per heavy atom. The predicted octanol–water partition coefficient (Wildman–Crippen LogP) is 2.94. The van der Waals surface area contributed by atoms with E-state index in [-0.39, 0.29) is 0 Å². The van der Waals surface area contributed by atoms with E-state index in [1.165, 1.54) is 9.87 Å². The lowest BCUT2D eigenvalue weighted by molar-refractivity contribution is 0.0730. The van der Waals surface area contributed by atoms with Gasteiger partial charge in [-0.1, -0.05) is 43.3 Å². The molecular weight excluding hydrogens is 310 g/mol. The van der Waals surface area contributed by atoms with Crippen molar-refractivity contribution in [3.8, 4) is 11.1 Å². The Kier molecular flexibility index (Phi) is 4.80. The molecule has 122 valence electrons. The van der Waals surface area contributed by atoms with E-state index in [4.69, 9.17) is 4.74 Å². The number of aryl methyl sites for hydroxylation is 1. The zero-order chi connectivity index (χ0) is 16.3. The molecule has 1 aliphatic heterocycles. The molecule has 0 saturated carbocycles. The summed E-state index contributed by atoms with van der Waals surface area (Å²) in [4.78, 5) is 0.342. The van der Waals surface area contributed by atoms with Gasteiger partial charge >= 0.3 is 0 Å². The van der Waals surface area contributed by atoms with Crippen molar-refractivity contribution in [1.29, 1.82) is 0 Å². The van der Waals surface area contributed by atoms with Gasteiger partial charge in [-0.05, 0) is 35.2 Å². The fourth-order valence-corrected chi connectivity index (χ4v) is 4.13. The molecule has 1 heterocycles. The molecule has 0 amide bonds. The molecule has 0 radical (unpaired) electrons. The van der Waals surface area contributed by atoms with Gasteiger partial charge in [0.2, 0.25) is 10.0 Å². The molecule has 5 heteroatoms. The van der Waals surface area contributed by atoms with E-state index in [0.717, 1.165) is 17.5 Å². The molecule has 1 aliphatic rings. The Labute approximate surface area is 137 Å². The largest absolute Gasteiger partial charge is 0.379 e. The standard InChI is InChI=1S/C18H21NO3S/c1-2-15-4-3-5-17(14-15)16-6-8-18(9-7-16)23(20,21)19-10-12-22-13-11-19/h3-9,14H,2,10-13H2,1H3. The fourth-order valence-electron chi connectivity index (χ4n) is 2.73. The first kappa shape index (κ1) is 16.2. The van der Waals surface area contributed by atoms with Crippen molar-refractivity contribution < 1.29 is 13.2 Å². The lowest BCUT2D eigenvalue weighted by atomic mass is 10.0. The van der Waals surface area contributed by atoms with E-state index in [9.17, 15) is 8.42 Å². The molecule has 1 fully saturated rings. The van der Waals surface area contributed by atoms with E-state index in [0.29, 0.717) is 31.2 Å². The molecule has 3 rings (SSSR count). The number of hydrogen-bond acceptors (Lipinski definition) is 3. The van der Waals surface area contributed by atoms with Crippen LogP contribution in [0.2, 0.25) is 0 Å². The summed E-state index contributed by atoms with van der Waals surface area (Å²) in [6.07, 6.45) is 0.983. The zero-order valence-corrected chi connectivity index (χ0v) is 14.1. The molecule has 0 spiro atoms. The molecule has 0 N–H and O–H groups in total. The normalized spacial score (nSPS) is 16.4. The highest BCUT2D eigenvalue weighted by atomic mass is 32.2. The van der Waals surface area contributed by atoms with Crippen LogP contribution in [0.15, 0.2) is 53.4 Å². The van der Waals surface area contributed by atoms with Gasteiger partial charge in [-0.25, -0.2) is 8.42 Å². The van der Waals surface area contributed by atoms with Gasteiger partial charge in [0, 0.05) is 13.1 Å². The molecule has 0 bridgehead atoms. The minimum absolute atomic E-state index is 0.342. The van der Waals surface area contributed by atoms with E-state index in [1.807, 2.05) is 24.3 Å². The summed E-state index contributed by atoms with van der Waals surface area (Å²) in [6, 6.07) is 15.5. The van der Waals surface area contributed by atoms with Crippen molar-refractivity contribution in [2.75, 3.05) is 26.3 Å². The second-order valence-corrected chi connectivity index (χ2v) is 7.53. The second kappa shape index (κ2) is 6.83. The summed E-state index contributed by atoms with van der Waals surface area (Å²) in [7, 11) is -3.42. The molecule has 4 nitrogen and oxygen atoms in total. The summed E-state index contributed by atoms with van der Waals surface area (Å²) in [6.45, 7) is 3.88. The Morgan fingerprint density at radius 2 is 1.70 bits per heavy atom. The van der Waals surface area contributed by atoms with Crippen LogP contribution in [0.4, 0.5) is 0 Å². The fraction of sp³-hybridized carbons (Fsp3) is 0.333. The molecule has 0 atom stereocenters. The Hall–Kier alpha value is -1.69. The molecule has 0 unspecified atom stereocenters. The molecule has 23 heavy (non-hydrogen) atoms. The Bertz CT molecular complexity index is 763. The highest BCUT2D eigenvalue weighted by Crippen LogP contribution is 2.24. The van der Waals surface area contributed by atoms with Gasteiger partial charge in [0.05, 0.1) is 18.1 Å². The SMILES string of the molecule is CCc1cccc(-c2ccc(S(=O)(=O)N3CCOCC3)cc2)c1. The molecule has 0 aromatic heterocycles. The summed E-state index contributed by atoms with van der Waals surface area (Å²) in [5.41, 5.74) is 3.41. The number of sulfonamides is 1. The summed E-state index contributed by atoms with van der Waals surface area (Å²) < 4.78 is 31.9. The van der Waals surface area contributed by atoms with Crippen molar-refractivity contribution in [3.63, 3.8) is 0 Å². The number of nitrogens with zero attached hydrogens (tertiary/aromatic N) is 1. The second-order valence-electron chi connectivity index (χ2n) is 5.59. The first-order chi connectivity index (χ1) is 11.1. The van der Waals surface area contributed by atoms with Gasteiger partial charge in [0.15, 0.2) is 0 Å². The van der Waals surface area contributed by atoms with Crippen molar-refractivity contribution in [2.45, 2.75) is 18.2 Å². The van der Waals surface area contributed by atoms with Gasteiger partial charge in [-0.2, -0.15) is 4.31 Å². The summed E-state index contributed by atoms with van der Waals surface area (Å²) >= 11 is 0. The van der Waals surface area contributed by atoms with Crippen LogP contribution in [0.5, 0.6) is 0 Å². The van der Waals surface area contributed by atoms with Crippen LogP contribution >= 0.6 is 0 Å². The number of rotatable bonds is 4. The van der Waals surface area contributed by atoms with E-state index < -0.39 is 10.0 Å². The maximum Gasteiger partial charge on any atom is 0.243 e. The minimum atomic E-state index is -3.42. The predicted molar refractivity (Wildman–Crippen MR) is 90.8 cm³/mol. The van der Waals surface area contributed by atoms with E-state index in [1.54, 1.807) is 12.1 Å². The van der Waals surface area contributed by atoms with Crippen molar-refractivity contribution in [1.82, 2.24) is 4.31 Å². The Balaban J connectivity index is 1.86. The maximum atomic E-state index is 12.6. The van der Waals surface area contributed by atoms with E-state index >= 15 is 0 Å². The average molecular weight is 331 g/mol. The lowest BCUT2D eigenvalue weighted by Gasteiger charge is -2.26. The Morgan fingerprint density at radius 1 is 1.00 bits per heavy atom. The van der Waals surface area contributed by atoms with Crippen LogP contribution in [0.25, 0.3) is 11.1 Å². The molecule has 2 aromatic rings. The maximum absolute atomic E-state index is 12.6. The zero-order valence-electron chi connectivity index (χ0n) is 13.2. The highest BCUT2D eigenvalue weighted by Gasteiger charge is 2.26. The first-order valence-electron chi connectivity index (χ1n) is 7.88. The number of benzene rings is 2. The third kappa shape index (κ3) is 3.47. The van der Waals surface area contributed by atoms with Gasteiger partial charge in [0.25, 0.3) is 0 Å². The van der Waals surface area contributed by atoms with Crippen LogP contribution in [0, 0.1) is 0 Å². The van der Waals surface area contributed by atoms with Crippen molar-refractivity contribution >= 4 is 10.0 Å². The molecule has 1 saturated heterocycles. The summed E-state index contributed by atoms with van der Waals surface area (Å²) in [5.74, 6) is 0. The summed E-state index contributed by atoms with van der Waals surface area (Å²) in [5, 5.41) is 0. The van der Waals surface area contributed by atoms with Crippen LogP contribution in [-0.4, -0.2) is 39.0 Å². The molecule has 0 aliphatic carbocycles. The molecule has 2 aromatic carbocycles. The van der Waals surface area contributed by atoms with Crippen LogP contribution in [0.1, 0.15) is 12.5 Å². The van der Waals surface area contributed by atoms with Crippen molar-refractivity contribution in [2.24, 2.45) is 0 Å². The number of ether oxygens (including phenoxy) is 1. The third-order valence-electron chi connectivity index (χ3n) is 4.13. The monoisotopic (exact) mass is 331 g/mol. The smallest absolute Gasteiger partial charge is 0.243 e. The van der Waals surface area contributed by atoms with Gasteiger partial charge in [-0.3, -0.25) is 0 Å². The van der Waals surface area contributed by atoms with Gasteiger partial charge < -0.3 is 4.74 Å². The van der Waals surface area contributed by atoms with Crippen LogP contribution in [-0.2, 0) is 21.2 Å². The van der Waals surface area contributed by atoms with Gasteiger partial charge in [0.1, 0.15) is 0 Å². The topological polar surface area (TPSA) is 46.6 Å². The van der Waals surface area contributed by atoms with E-state index in [2.05, 4.69) is 19.1 Å².